The first-order valence-electron chi connectivity index (χ1n) is 6.57. The van der Waals surface area contributed by atoms with Crippen molar-refractivity contribution in [2.45, 2.75) is 25.4 Å². The van der Waals surface area contributed by atoms with Crippen LogP contribution >= 0.6 is 15.9 Å². The fourth-order valence-corrected chi connectivity index (χ4v) is 3.10. The number of likely N-dealkylation sites (tertiary alicyclic amines) is 1. The van der Waals surface area contributed by atoms with Gasteiger partial charge in [0.15, 0.2) is 0 Å². The predicted molar refractivity (Wildman–Crippen MR) is 79.7 cm³/mol. The fraction of sp³-hybridized carbons (Fsp3) is 0.500. The zero-order valence-electron chi connectivity index (χ0n) is 11.1. The van der Waals surface area contributed by atoms with E-state index >= 15 is 0 Å². The van der Waals surface area contributed by atoms with Crippen LogP contribution in [0, 0.1) is 0 Å². The first-order chi connectivity index (χ1) is 9.10. The average molecular weight is 326 g/mol. The first kappa shape index (κ1) is 14.5. The van der Waals surface area contributed by atoms with E-state index in [0.29, 0.717) is 6.54 Å². The summed E-state index contributed by atoms with van der Waals surface area (Å²) in [5.74, 6) is 0.0404. The standard InChI is InChI=1S/C14H20BrN3O/c1-10(19)17-13-5-6-18(9-13)14(8-16)11-3-2-4-12(15)7-11/h2-4,7,13-14H,5-6,8-9,16H2,1H3,(H,17,19). The molecule has 0 saturated carbocycles. The van der Waals surface area contributed by atoms with Crippen molar-refractivity contribution in [3.63, 3.8) is 0 Å². The van der Waals surface area contributed by atoms with Crippen molar-refractivity contribution in [1.29, 1.82) is 0 Å². The molecule has 1 amide bonds. The van der Waals surface area contributed by atoms with Gasteiger partial charge in [-0.25, -0.2) is 0 Å². The van der Waals surface area contributed by atoms with Crippen LogP contribution in [-0.2, 0) is 4.79 Å². The molecule has 0 radical (unpaired) electrons. The molecular formula is C14H20BrN3O. The number of amides is 1. The minimum atomic E-state index is 0.0404. The Labute approximate surface area is 122 Å². The van der Waals surface area contributed by atoms with Crippen LogP contribution in [0.2, 0.25) is 0 Å². The van der Waals surface area contributed by atoms with Crippen LogP contribution in [0.4, 0.5) is 0 Å². The lowest BCUT2D eigenvalue weighted by Gasteiger charge is -2.27. The summed E-state index contributed by atoms with van der Waals surface area (Å²) in [6, 6.07) is 8.73. The summed E-state index contributed by atoms with van der Waals surface area (Å²) >= 11 is 3.50. The van der Waals surface area contributed by atoms with E-state index in [9.17, 15) is 4.79 Å². The number of halogens is 1. The number of carbonyl (C=O) groups is 1. The van der Waals surface area contributed by atoms with Gasteiger partial charge in [-0.15, -0.1) is 0 Å². The molecule has 5 heteroatoms. The number of rotatable bonds is 4. The van der Waals surface area contributed by atoms with Crippen molar-refractivity contribution in [2.24, 2.45) is 5.73 Å². The highest BCUT2D eigenvalue weighted by Gasteiger charge is 2.28. The highest BCUT2D eigenvalue weighted by molar-refractivity contribution is 9.10. The summed E-state index contributed by atoms with van der Waals surface area (Å²) in [6.45, 7) is 3.99. The average Bonchev–Trinajstić information content (AvgIpc) is 2.77. The number of hydrogen-bond acceptors (Lipinski definition) is 3. The van der Waals surface area contributed by atoms with E-state index in [1.54, 1.807) is 6.92 Å². The van der Waals surface area contributed by atoms with Gasteiger partial charge in [0.25, 0.3) is 0 Å². The number of nitrogens with two attached hydrogens (primary N) is 1. The Balaban J connectivity index is 2.05. The van der Waals surface area contributed by atoms with Gasteiger partial charge in [-0.2, -0.15) is 0 Å². The van der Waals surface area contributed by atoms with Gasteiger partial charge in [-0.05, 0) is 24.1 Å². The maximum absolute atomic E-state index is 11.1. The molecule has 1 aromatic carbocycles. The zero-order chi connectivity index (χ0) is 13.8. The van der Waals surface area contributed by atoms with Crippen LogP contribution in [0.1, 0.15) is 24.9 Å². The topological polar surface area (TPSA) is 58.4 Å². The van der Waals surface area contributed by atoms with Gasteiger partial charge in [0.1, 0.15) is 0 Å². The normalized spacial score (nSPS) is 21.3. The van der Waals surface area contributed by atoms with E-state index in [0.717, 1.165) is 24.0 Å². The van der Waals surface area contributed by atoms with Crippen LogP contribution in [0.15, 0.2) is 28.7 Å². The van der Waals surface area contributed by atoms with Crippen LogP contribution in [0.3, 0.4) is 0 Å². The molecule has 2 rings (SSSR count). The molecule has 1 heterocycles. The van der Waals surface area contributed by atoms with Gasteiger partial charge in [-0.1, -0.05) is 28.1 Å². The van der Waals surface area contributed by atoms with Gasteiger partial charge in [0.05, 0.1) is 0 Å². The van der Waals surface area contributed by atoms with Crippen molar-refractivity contribution in [1.82, 2.24) is 10.2 Å². The molecule has 4 nitrogen and oxygen atoms in total. The van der Waals surface area contributed by atoms with Crippen LogP contribution in [-0.4, -0.2) is 36.5 Å². The molecular weight excluding hydrogens is 306 g/mol. The molecule has 1 fully saturated rings. The van der Waals surface area contributed by atoms with E-state index in [1.807, 2.05) is 12.1 Å². The molecule has 1 aliphatic rings. The van der Waals surface area contributed by atoms with Gasteiger partial charge in [-0.3, -0.25) is 9.69 Å². The maximum Gasteiger partial charge on any atom is 0.217 e. The van der Waals surface area contributed by atoms with Gasteiger partial charge < -0.3 is 11.1 Å². The number of benzene rings is 1. The molecule has 0 aromatic heterocycles. The lowest BCUT2D eigenvalue weighted by molar-refractivity contribution is -0.119. The van der Waals surface area contributed by atoms with Crippen LogP contribution in [0.25, 0.3) is 0 Å². The van der Waals surface area contributed by atoms with E-state index < -0.39 is 0 Å². The fourth-order valence-electron chi connectivity index (χ4n) is 2.69. The van der Waals surface area contributed by atoms with E-state index in [-0.39, 0.29) is 18.0 Å². The summed E-state index contributed by atoms with van der Waals surface area (Å²) < 4.78 is 1.07. The number of hydrogen-bond donors (Lipinski definition) is 2. The molecule has 1 saturated heterocycles. The number of nitrogens with one attached hydrogen (secondary N) is 1. The summed E-state index contributed by atoms with van der Waals surface area (Å²) in [5, 5.41) is 2.98. The van der Waals surface area contributed by atoms with E-state index in [1.165, 1.54) is 5.56 Å². The van der Waals surface area contributed by atoms with Crippen molar-refractivity contribution in [3.05, 3.63) is 34.3 Å². The summed E-state index contributed by atoms with van der Waals surface area (Å²) in [6.07, 6.45) is 0.990. The van der Waals surface area contributed by atoms with Crippen molar-refractivity contribution in [3.8, 4) is 0 Å². The van der Waals surface area contributed by atoms with Gasteiger partial charge in [0.2, 0.25) is 5.91 Å². The Morgan fingerprint density at radius 2 is 2.42 bits per heavy atom. The quantitative estimate of drug-likeness (QED) is 0.885. The monoisotopic (exact) mass is 325 g/mol. The summed E-state index contributed by atoms with van der Waals surface area (Å²) in [7, 11) is 0. The first-order valence-corrected chi connectivity index (χ1v) is 7.36. The zero-order valence-corrected chi connectivity index (χ0v) is 12.7. The second-order valence-electron chi connectivity index (χ2n) is 4.99. The molecule has 0 bridgehead atoms. The SMILES string of the molecule is CC(=O)NC1CCN(C(CN)c2cccc(Br)c2)C1. The highest BCUT2D eigenvalue weighted by Crippen LogP contribution is 2.26. The molecule has 19 heavy (non-hydrogen) atoms. The minimum absolute atomic E-state index is 0.0404. The molecule has 1 aromatic rings. The Morgan fingerprint density at radius 1 is 1.63 bits per heavy atom. The lowest BCUT2D eigenvalue weighted by Crippen LogP contribution is -2.38. The number of nitrogens with zero attached hydrogens (tertiary/aromatic N) is 1. The van der Waals surface area contributed by atoms with E-state index in [4.69, 9.17) is 5.73 Å². The molecule has 1 aliphatic heterocycles. The summed E-state index contributed by atoms with van der Waals surface area (Å²) in [5.41, 5.74) is 7.16. The third-order valence-electron chi connectivity index (χ3n) is 3.52. The third kappa shape index (κ3) is 3.78. The second kappa shape index (κ2) is 6.50. The Kier molecular flexibility index (Phi) is 4.96. The Hall–Kier alpha value is -0.910. The summed E-state index contributed by atoms with van der Waals surface area (Å²) in [4.78, 5) is 13.4. The van der Waals surface area contributed by atoms with Crippen molar-refractivity contribution < 1.29 is 4.79 Å². The van der Waals surface area contributed by atoms with Gasteiger partial charge in [0, 0.05) is 43.1 Å². The Bertz CT molecular complexity index is 452. The molecule has 0 spiro atoms. The molecule has 104 valence electrons. The number of carbonyl (C=O) groups excluding carboxylic acids is 1. The van der Waals surface area contributed by atoms with Gasteiger partial charge >= 0.3 is 0 Å². The maximum atomic E-state index is 11.1. The second-order valence-corrected chi connectivity index (χ2v) is 5.90. The van der Waals surface area contributed by atoms with Crippen LogP contribution < -0.4 is 11.1 Å². The molecule has 0 aliphatic carbocycles. The van der Waals surface area contributed by atoms with Crippen molar-refractivity contribution in [2.75, 3.05) is 19.6 Å². The molecule has 2 unspecified atom stereocenters. The van der Waals surface area contributed by atoms with Crippen LogP contribution in [0.5, 0.6) is 0 Å². The van der Waals surface area contributed by atoms with E-state index in [2.05, 4.69) is 38.3 Å². The minimum Gasteiger partial charge on any atom is -0.352 e. The lowest BCUT2D eigenvalue weighted by atomic mass is 10.1. The van der Waals surface area contributed by atoms with Crippen molar-refractivity contribution >= 4 is 21.8 Å². The predicted octanol–water partition coefficient (Wildman–Crippen LogP) is 1.66. The smallest absolute Gasteiger partial charge is 0.217 e. The third-order valence-corrected chi connectivity index (χ3v) is 4.02. The largest absolute Gasteiger partial charge is 0.352 e. The molecule has 3 N–H and O–H groups in total. The Morgan fingerprint density at radius 3 is 3.05 bits per heavy atom. The molecule has 2 atom stereocenters. The highest BCUT2D eigenvalue weighted by atomic mass is 79.9.